The molecule has 0 amide bonds. The maximum Gasteiger partial charge on any atom is 0.145 e. The normalized spacial score (nSPS) is 11.3. The number of hydrogen-bond acceptors (Lipinski definition) is 1. The Morgan fingerprint density at radius 2 is 2.00 bits per heavy atom. The molecule has 0 atom stereocenters. The summed E-state index contributed by atoms with van der Waals surface area (Å²) in [6.45, 7) is 3.15. The van der Waals surface area contributed by atoms with E-state index in [4.69, 9.17) is 4.43 Å². The standard InChI is InChI=1S/C8H18OSi/c1-2-3-4-5-6-7-8-9-10/h4-5H,2-3,6-8H2,1,10H3. The molecule has 0 aliphatic heterocycles. The second-order valence-electron chi connectivity index (χ2n) is 2.40. The third-order valence-corrected chi connectivity index (χ3v) is 1.75. The predicted molar refractivity (Wildman–Crippen MR) is 49.2 cm³/mol. The molecule has 0 aromatic rings. The van der Waals surface area contributed by atoms with Crippen molar-refractivity contribution in [2.75, 3.05) is 6.61 Å². The third kappa shape index (κ3) is 7.92. The lowest BCUT2D eigenvalue weighted by molar-refractivity contribution is 0.342. The van der Waals surface area contributed by atoms with Gasteiger partial charge in [0.05, 0.1) is 0 Å². The van der Waals surface area contributed by atoms with Gasteiger partial charge >= 0.3 is 0 Å². The molecular formula is C8H18OSi. The van der Waals surface area contributed by atoms with E-state index in [0.717, 1.165) is 17.1 Å². The number of rotatable bonds is 6. The van der Waals surface area contributed by atoms with Crippen LogP contribution in [0.15, 0.2) is 12.2 Å². The van der Waals surface area contributed by atoms with Crippen molar-refractivity contribution in [3.63, 3.8) is 0 Å². The molecule has 10 heavy (non-hydrogen) atoms. The molecule has 0 rings (SSSR count). The fraction of sp³-hybridized carbons (Fsp3) is 0.750. The second kappa shape index (κ2) is 8.92. The van der Waals surface area contributed by atoms with Crippen LogP contribution in [0.2, 0.25) is 0 Å². The minimum absolute atomic E-state index is 0.885. The van der Waals surface area contributed by atoms with Gasteiger partial charge in [-0.05, 0) is 19.3 Å². The van der Waals surface area contributed by atoms with Crippen LogP contribution in [0.4, 0.5) is 0 Å². The van der Waals surface area contributed by atoms with Crippen molar-refractivity contribution < 1.29 is 4.43 Å². The Morgan fingerprint density at radius 1 is 1.30 bits per heavy atom. The molecule has 0 aromatic carbocycles. The van der Waals surface area contributed by atoms with Crippen molar-refractivity contribution in [2.45, 2.75) is 32.6 Å². The van der Waals surface area contributed by atoms with Crippen molar-refractivity contribution in [2.24, 2.45) is 0 Å². The maximum absolute atomic E-state index is 5.05. The van der Waals surface area contributed by atoms with Crippen molar-refractivity contribution >= 4 is 10.5 Å². The molecule has 0 aromatic heterocycles. The van der Waals surface area contributed by atoms with Gasteiger partial charge in [0.2, 0.25) is 0 Å². The van der Waals surface area contributed by atoms with Gasteiger partial charge in [0.1, 0.15) is 10.5 Å². The van der Waals surface area contributed by atoms with Gasteiger partial charge in [-0.3, -0.25) is 0 Å². The van der Waals surface area contributed by atoms with E-state index >= 15 is 0 Å². The van der Waals surface area contributed by atoms with Crippen LogP contribution in [-0.4, -0.2) is 17.1 Å². The van der Waals surface area contributed by atoms with Gasteiger partial charge in [0, 0.05) is 6.61 Å². The summed E-state index contributed by atoms with van der Waals surface area (Å²) in [4.78, 5) is 0. The zero-order valence-electron chi connectivity index (χ0n) is 7.10. The van der Waals surface area contributed by atoms with Crippen LogP contribution >= 0.6 is 0 Å². The molecule has 0 saturated carbocycles. The van der Waals surface area contributed by atoms with Crippen LogP contribution in [0.25, 0.3) is 0 Å². The molecule has 0 bridgehead atoms. The molecular weight excluding hydrogens is 140 g/mol. The first kappa shape index (κ1) is 9.92. The lowest BCUT2D eigenvalue weighted by Gasteiger charge is -1.93. The van der Waals surface area contributed by atoms with E-state index in [0.29, 0.717) is 0 Å². The quantitative estimate of drug-likeness (QED) is 0.323. The first-order chi connectivity index (χ1) is 4.91. The summed E-state index contributed by atoms with van der Waals surface area (Å²) in [6.07, 6.45) is 9.36. The number of allylic oxidation sites excluding steroid dienone is 2. The average molecular weight is 158 g/mol. The summed E-state index contributed by atoms with van der Waals surface area (Å²) in [5.74, 6) is 0. The molecule has 0 aliphatic rings. The summed E-state index contributed by atoms with van der Waals surface area (Å²) in [5.41, 5.74) is 0. The van der Waals surface area contributed by atoms with Crippen LogP contribution in [0.3, 0.4) is 0 Å². The first-order valence-corrected chi connectivity index (χ1v) is 4.87. The van der Waals surface area contributed by atoms with E-state index in [1.807, 2.05) is 0 Å². The number of unbranched alkanes of at least 4 members (excludes halogenated alkanes) is 2. The molecule has 0 radical (unpaired) electrons. The first-order valence-electron chi connectivity index (χ1n) is 4.05. The van der Waals surface area contributed by atoms with E-state index in [9.17, 15) is 0 Å². The zero-order valence-corrected chi connectivity index (χ0v) is 9.10. The van der Waals surface area contributed by atoms with Gasteiger partial charge < -0.3 is 4.43 Å². The fourth-order valence-corrected chi connectivity index (χ4v) is 1.04. The highest BCUT2D eigenvalue weighted by atomic mass is 28.2. The summed E-state index contributed by atoms with van der Waals surface area (Å²) in [7, 11) is 0.885. The summed E-state index contributed by atoms with van der Waals surface area (Å²) in [6, 6.07) is 0. The van der Waals surface area contributed by atoms with E-state index in [2.05, 4.69) is 19.1 Å². The summed E-state index contributed by atoms with van der Waals surface area (Å²) >= 11 is 0. The minimum atomic E-state index is 0.885. The highest BCUT2D eigenvalue weighted by Gasteiger charge is 1.79. The van der Waals surface area contributed by atoms with Crippen LogP contribution < -0.4 is 0 Å². The molecule has 0 unspecified atom stereocenters. The van der Waals surface area contributed by atoms with Crippen molar-refractivity contribution in [3.05, 3.63) is 12.2 Å². The Kier molecular flexibility index (Phi) is 8.84. The largest absolute Gasteiger partial charge is 0.428 e. The van der Waals surface area contributed by atoms with Gasteiger partial charge in [0.25, 0.3) is 0 Å². The van der Waals surface area contributed by atoms with E-state index in [1.165, 1.54) is 25.7 Å². The molecule has 0 N–H and O–H groups in total. The van der Waals surface area contributed by atoms with Gasteiger partial charge in [-0.25, -0.2) is 0 Å². The van der Waals surface area contributed by atoms with E-state index in [-0.39, 0.29) is 0 Å². The molecule has 1 nitrogen and oxygen atoms in total. The van der Waals surface area contributed by atoms with Gasteiger partial charge in [-0.1, -0.05) is 25.5 Å². The highest BCUT2D eigenvalue weighted by molar-refractivity contribution is 5.97. The Labute approximate surface area is 67.0 Å². The average Bonchev–Trinajstić information content (AvgIpc) is 1.97. The molecule has 0 spiro atoms. The minimum Gasteiger partial charge on any atom is -0.428 e. The monoisotopic (exact) mass is 158 g/mol. The van der Waals surface area contributed by atoms with Crippen LogP contribution in [-0.2, 0) is 4.43 Å². The predicted octanol–water partition coefficient (Wildman–Crippen LogP) is 1.42. The smallest absolute Gasteiger partial charge is 0.145 e. The zero-order chi connectivity index (χ0) is 7.66. The number of hydrogen-bond donors (Lipinski definition) is 0. The topological polar surface area (TPSA) is 9.23 Å². The van der Waals surface area contributed by atoms with Gasteiger partial charge in [-0.15, -0.1) is 0 Å². The molecule has 0 aliphatic carbocycles. The van der Waals surface area contributed by atoms with E-state index < -0.39 is 0 Å². The summed E-state index contributed by atoms with van der Waals surface area (Å²) < 4.78 is 5.05. The molecule has 0 fully saturated rings. The lowest BCUT2D eigenvalue weighted by atomic mass is 10.2. The lowest BCUT2D eigenvalue weighted by Crippen LogP contribution is -1.87. The van der Waals surface area contributed by atoms with Crippen LogP contribution in [0.1, 0.15) is 32.6 Å². The highest BCUT2D eigenvalue weighted by Crippen LogP contribution is 1.94. The second-order valence-corrected chi connectivity index (χ2v) is 2.97. The van der Waals surface area contributed by atoms with Crippen molar-refractivity contribution in [3.8, 4) is 0 Å². The Morgan fingerprint density at radius 3 is 2.60 bits per heavy atom. The fourth-order valence-electron chi connectivity index (χ4n) is 0.748. The third-order valence-electron chi connectivity index (χ3n) is 1.34. The van der Waals surface area contributed by atoms with Crippen molar-refractivity contribution in [1.82, 2.24) is 0 Å². The van der Waals surface area contributed by atoms with E-state index in [1.54, 1.807) is 0 Å². The molecule has 0 heterocycles. The molecule has 60 valence electrons. The summed E-state index contributed by atoms with van der Waals surface area (Å²) in [5, 5.41) is 0. The van der Waals surface area contributed by atoms with Gasteiger partial charge in [-0.2, -0.15) is 0 Å². The Bertz CT molecular complexity index is 81.3. The Hall–Kier alpha value is -0.0831. The SMILES string of the molecule is CCCC=CCCCO[SiH3]. The maximum atomic E-state index is 5.05. The van der Waals surface area contributed by atoms with Gasteiger partial charge in [0.15, 0.2) is 0 Å². The molecule has 2 heteroatoms. The molecule has 0 saturated heterocycles. The van der Waals surface area contributed by atoms with Crippen LogP contribution in [0, 0.1) is 0 Å². The van der Waals surface area contributed by atoms with Crippen molar-refractivity contribution in [1.29, 1.82) is 0 Å². The van der Waals surface area contributed by atoms with Crippen LogP contribution in [0.5, 0.6) is 0 Å². The Balaban J connectivity index is 2.88.